The lowest BCUT2D eigenvalue weighted by Crippen LogP contribution is -2.01. The molecule has 0 aliphatic heterocycles. The molecule has 5 heteroatoms. The number of benzene rings is 1. The summed E-state index contributed by atoms with van der Waals surface area (Å²) in [4.78, 5) is 21.9. The molecule has 1 rings (SSSR count). The fourth-order valence-electron chi connectivity index (χ4n) is 1.08. The van der Waals surface area contributed by atoms with Gasteiger partial charge in [-0.1, -0.05) is 0 Å². The van der Waals surface area contributed by atoms with Gasteiger partial charge in [-0.25, -0.2) is 0 Å². The number of ether oxygens (including phenoxy) is 1. The Balaban J connectivity index is 3.20. The van der Waals surface area contributed by atoms with Gasteiger partial charge in [0.25, 0.3) is 10.5 Å². The van der Waals surface area contributed by atoms with E-state index in [0.717, 1.165) is 0 Å². The maximum absolute atomic E-state index is 11.0. The van der Waals surface area contributed by atoms with Crippen LogP contribution in [0, 0.1) is 0 Å². The Kier molecular flexibility index (Phi) is 4.12. The molecule has 0 atom stereocenters. The molecule has 1 aromatic carbocycles. The number of hydrogen-bond donors (Lipinski definition) is 0. The van der Waals surface area contributed by atoms with Crippen LogP contribution in [-0.2, 0) is 0 Å². The van der Waals surface area contributed by atoms with E-state index in [2.05, 4.69) is 0 Å². The summed E-state index contributed by atoms with van der Waals surface area (Å²) >= 11 is 10.6. The number of carbonyl (C=O) groups is 2. The summed E-state index contributed by atoms with van der Waals surface area (Å²) in [6, 6.07) is 4.23. The predicted molar refractivity (Wildman–Crippen MR) is 58.0 cm³/mol. The van der Waals surface area contributed by atoms with Crippen LogP contribution in [0.15, 0.2) is 18.2 Å². The highest BCUT2D eigenvalue weighted by Crippen LogP contribution is 2.23. The second-order valence-corrected chi connectivity index (χ2v) is 3.38. The average molecular weight is 247 g/mol. The fourth-order valence-corrected chi connectivity index (χ4v) is 1.36. The van der Waals surface area contributed by atoms with Crippen LogP contribution in [0.3, 0.4) is 0 Å². The van der Waals surface area contributed by atoms with Crippen LogP contribution >= 0.6 is 23.2 Å². The van der Waals surface area contributed by atoms with Gasteiger partial charge in [-0.05, 0) is 48.3 Å². The Morgan fingerprint density at radius 3 is 2.40 bits per heavy atom. The van der Waals surface area contributed by atoms with Crippen molar-refractivity contribution in [3.05, 3.63) is 29.3 Å². The van der Waals surface area contributed by atoms with E-state index < -0.39 is 10.5 Å². The second-order valence-electron chi connectivity index (χ2n) is 2.69. The van der Waals surface area contributed by atoms with Crippen LogP contribution < -0.4 is 4.74 Å². The third-order valence-corrected chi connectivity index (χ3v) is 2.14. The number of hydrogen-bond acceptors (Lipinski definition) is 3. The summed E-state index contributed by atoms with van der Waals surface area (Å²) in [5, 5.41) is -1.24. The first kappa shape index (κ1) is 12.0. The number of carbonyl (C=O) groups excluding carboxylic acids is 2. The molecule has 3 nitrogen and oxygen atoms in total. The molecule has 0 aromatic heterocycles. The van der Waals surface area contributed by atoms with Crippen molar-refractivity contribution >= 4 is 33.7 Å². The first-order valence-electron chi connectivity index (χ1n) is 4.22. The van der Waals surface area contributed by atoms with E-state index in [1.54, 1.807) is 6.92 Å². The lowest BCUT2D eigenvalue weighted by molar-refractivity contribution is 0.106. The topological polar surface area (TPSA) is 43.4 Å². The third kappa shape index (κ3) is 2.94. The summed E-state index contributed by atoms with van der Waals surface area (Å²) in [5.41, 5.74) is 0.488. The Bertz CT molecular complexity index is 402. The molecule has 0 N–H and O–H groups in total. The standard InChI is InChI=1S/C10H8Cl2O3/c1-2-15-8-5-6(9(11)13)3-4-7(8)10(12)14/h3-5H,2H2,1H3. The second kappa shape index (κ2) is 5.14. The van der Waals surface area contributed by atoms with Crippen LogP contribution in [0.1, 0.15) is 27.6 Å². The van der Waals surface area contributed by atoms with Gasteiger partial charge in [0.1, 0.15) is 5.75 Å². The van der Waals surface area contributed by atoms with Gasteiger partial charge in [0, 0.05) is 5.56 Å². The Morgan fingerprint density at radius 1 is 1.27 bits per heavy atom. The van der Waals surface area contributed by atoms with Gasteiger partial charge in [-0.15, -0.1) is 0 Å². The van der Waals surface area contributed by atoms with Gasteiger partial charge in [0.15, 0.2) is 0 Å². The van der Waals surface area contributed by atoms with Gasteiger partial charge in [0.2, 0.25) is 0 Å². The first-order chi connectivity index (χ1) is 7.06. The molecule has 0 saturated heterocycles. The minimum Gasteiger partial charge on any atom is -0.493 e. The van der Waals surface area contributed by atoms with E-state index in [9.17, 15) is 9.59 Å². The van der Waals surface area contributed by atoms with Crippen LogP contribution in [0.2, 0.25) is 0 Å². The smallest absolute Gasteiger partial charge is 0.256 e. The molecule has 80 valence electrons. The zero-order valence-corrected chi connectivity index (χ0v) is 9.43. The van der Waals surface area contributed by atoms with E-state index >= 15 is 0 Å². The molecule has 0 aliphatic carbocycles. The summed E-state index contributed by atoms with van der Waals surface area (Å²) in [7, 11) is 0. The van der Waals surface area contributed by atoms with Gasteiger partial charge in [-0.2, -0.15) is 0 Å². The quantitative estimate of drug-likeness (QED) is 0.768. The molecule has 0 unspecified atom stereocenters. The van der Waals surface area contributed by atoms with Gasteiger partial charge in [-0.3, -0.25) is 9.59 Å². The Morgan fingerprint density at radius 2 is 1.93 bits per heavy atom. The molecule has 0 saturated carbocycles. The average Bonchev–Trinajstić information content (AvgIpc) is 2.17. The maximum Gasteiger partial charge on any atom is 0.256 e. The van der Waals surface area contributed by atoms with Crippen molar-refractivity contribution in [3.8, 4) is 5.75 Å². The van der Waals surface area contributed by atoms with Crippen molar-refractivity contribution in [1.29, 1.82) is 0 Å². The first-order valence-corrected chi connectivity index (χ1v) is 4.98. The Hall–Kier alpha value is -1.06. The highest BCUT2D eigenvalue weighted by Gasteiger charge is 2.12. The largest absolute Gasteiger partial charge is 0.493 e. The van der Waals surface area contributed by atoms with E-state index in [1.165, 1.54) is 18.2 Å². The number of rotatable bonds is 4. The number of halogens is 2. The lowest BCUT2D eigenvalue weighted by atomic mass is 10.1. The van der Waals surface area contributed by atoms with Crippen LogP contribution in [0.25, 0.3) is 0 Å². The Labute approximate surface area is 96.9 Å². The molecule has 1 aromatic rings. The lowest BCUT2D eigenvalue weighted by Gasteiger charge is -2.07. The molecule has 0 amide bonds. The summed E-state index contributed by atoms with van der Waals surface area (Å²) in [6.45, 7) is 2.13. The van der Waals surface area contributed by atoms with Crippen molar-refractivity contribution in [3.63, 3.8) is 0 Å². The molecular weight excluding hydrogens is 239 g/mol. The third-order valence-electron chi connectivity index (χ3n) is 1.72. The molecular formula is C10H8Cl2O3. The molecule has 0 bridgehead atoms. The molecule has 0 spiro atoms. The van der Waals surface area contributed by atoms with E-state index in [-0.39, 0.29) is 16.9 Å². The SMILES string of the molecule is CCOc1cc(C(=O)Cl)ccc1C(=O)Cl. The maximum atomic E-state index is 11.0. The van der Waals surface area contributed by atoms with Gasteiger partial charge < -0.3 is 4.74 Å². The zero-order valence-electron chi connectivity index (χ0n) is 7.92. The van der Waals surface area contributed by atoms with Crippen LogP contribution in [0.4, 0.5) is 0 Å². The summed E-state index contributed by atoms with van der Waals surface area (Å²) in [6.07, 6.45) is 0. The van der Waals surface area contributed by atoms with Crippen LogP contribution in [-0.4, -0.2) is 17.1 Å². The van der Waals surface area contributed by atoms with Crippen molar-refractivity contribution in [2.24, 2.45) is 0 Å². The monoisotopic (exact) mass is 246 g/mol. The summed E-state index contributed by atoms with van der Waals surface area (Å²) < 4.78 is 5.17. The van der Waals surface area contributed by atoms with Crippen LogP contribution in [0.5, 0.6) is 5.75 Å². The van der Waals surface area contributed by atoms with Crippen molar-refractivity contribution in [2.45, 2.75) is 6.92 Å². The predicted octanol–water partition coefficient (Wildman–Crippen LogP) is 2.84. The molecule has 0 heterocycles. The summed E-state index contributed by atoms with van der Waals surface area (Å²) in [5.74, 6) is 0.268. The molecule has 0 fully saturated rings. The highest BCUT2D eigenvalue weighted by molar-refractivity contribution is 6.68. The van der Waals surface area contributed by atoms with Crippen molar-refractivity contribution in [2.75, 3.05) is 6.61 Å². The van der Waals surface area contributed by atoms with Gasteiger partial charge in [0.05, 0.1) is 12.2 Å². The van der Waals surface area contributed by atoms with E-state index in [1.807, 2.05) is 0 Å². The molecule has 15 heavy (non-hydrogen) atoms. The highest BCUT2D eigenvalue weighted by atomic mass is 35.5. The normalized spacial score (nSPS) is 9.80. The van der Waals surface area contributed by atoms with E-state index in [0.29, 0.717) is 6.61 Å². The van der Waals surface area contributed by atoms with Gasteiger partial charge >= 0.3 is 0 Å². The van der Waals surface area contributed by atoms with Crippen molar-refractivity contribution < 1.29 is 14.3 Å². The zero-order chi connectivity index (χ0) is 11.4. The fraction of sp³-hybridized carbons (Fsp3) is 0.200. The molecule has 0 radical (unpaired) electrons. The minimum absolute atomic E-state index is 0.222. The minimum atomic E-state index is -0.632. The molecule has 0 aliphatic rings. The van der Waals surface area contributed by atoms with E-state index in [4.69, 9.17) is 27.9 Å². The van der Waals surface area contributed by atoms with Crippen molar-refractivity contribution in [1.82, 2.24) is 0 Å².